The van der Waals surface area contributed by atoms with Gasteiger partial charge in [-0.2, -0.15) is 0 Å². The molecule has 1 unspecified atom stereocenters. The molecule has 25 heavy (non-hydrogen) atoms. The lowest BCUT2D eigenvalue weighted by molar-refractivity contribution is -0.143. The van der Waals surface area contributed by atoms with Crippen LogP contribution in [0.2, 0.25) is 0 Å². The third-order valence-electron chi connectivity index (χ3n) is 3.91. The monoisotopic (exact) mass is 346 g/mol. The number of nitrogens with one attached hydrogen (secondary N) is 1. The average molecular weight is 346 g/mol. The Morgan fingerprint density at radius 3 is 2.40 bits per heavy atom. The van der Waals surface area contributed by atoms with Crippen molar-refractivity contribution in [2.45, 2.75) is 39.9 Å². The molecule has 2 aromatic rings. The fraction of sp³-hybridized carbons (Fsp3) is 0.368. The lowest BCUT2D eigenvalue weighted by Gasteiger charge is -2.30. The molecule has 0 saturated carbocycles. The Kier molecular flexibility index (Phi) is 6.33. The van der Waals surface area contributed by atoms with E-state index in [4.69, 9.17) is 4.42 Å². The van der Waals surface area contributed by atoms with Crippen LogP contribution < -0.4 is 5.32 Å². The molecule has 0 bridgehead atoms. The van der Waals surface area contributed by atoms with E-state index in [1.807, 2.05) is 0 Å². The topological polar surface area (TPSA) is 62.6 Å². The van der Waals surface area contributed by atoms with Gasteiger partial charge in [-0.05, 0) is 36.8 Å². The zero-order valence-electron chi connectivity index (χ0n) is 14.7. The molecule has 2 amide bonds. The Bertz CT molecular complexity index is 696. The fourth-order valence-corrected chi connectivity index (χ4v) is 2.40. The molecular weight excluding hydrogens is 323 g/mol. The zero-order valence-corrected chi connectivity index (χ0v) is 14.7. The van der Waals surface area contributed by atoms with Gasteiger partial charge in [-0.25, -0.2) is 4.39 Å². The van der Waals surface area contributed by atoms with Crippen LogP contribution in [-0.2, 0) is 22.7 Å². The summed E-state index contributed by atoms with van der Waals surface area (Å²) in [6.07, 6.45) is 1.54. The van der Waals surface area contributed by atoms with E-state index in [-0.39, 0.29) is 36.6 Å². The standard InChI is InChI=1S/C19H23FN2O3/c1-13(2)19(24)22(12-15-6-8-16(20)9-7-15)14(3)18(23)21-11-17-5-4-10-25-17/h4-10,13-14H,11-12H2,1-3H3,(H,21,23). The summed E-state index contributed by atoms with van der Waals surface area (Å²) in [6.45, 7) is 5.76. The molecule has 134 valence electrons. The molecule has 1 atom stereocenters. The number of halogens is 1. The first-order valence-electron chi connectivity index (χ1n) is 8.23. The summed E-state index contributed by atoms with van der Waals surface area (Å²) in [7, 11) is 0. The largest absolute Gasteiger partial charge is 0.467 e. The Morgan fingerprint density at radius 1 is 1.16 bits per heavy atom. The molecule has 0 spiro atoms. The van der Waals surface area contributed by atoms with Gasteiger partial charge in [0.05, 0.1) is 12.8 Å². The number of rotatable bonds is 7. The predicted molar refractivity (Wildman–Crippen MR) is 91.8 cm³/mol. The van der Waals surface area contributed by atoms with Crippen molar-refractivity contribution in [3.63, 3.8) is 0 Å². The van der Waals surface area contributed by atoms with E-state index >= 15 is 0 Å². The maximum atomic E-state index is 13.1. The van der Waals surface area contributed by atoms with E-state index in [9.17, 15) is 14.0 Å². The molecular formula is C19H23FN2O3. The van der Waals surface area contributed by atoms with E-state index in [1.54, 1.807) is 45.0 Å². The van der Waals surface area contributed by atoms with E-state index in [0.717, 1.165) is 5.56 Å². The van der Waals surface area contributed by atoms with Gasteiger partial charge in [0, 0.05) is 12.5 Å². The summed E-state index contributed by atoms with van der Waals surface area (Å²) in [5.74, 6) is -0.353. The van der Waals surface area contributed by atoms with Gasteiger partial charge in [-0.15, -0.1) is 0 Å². The van der Waals surface area contributed by atoms with Crippen molar-refractivity contribution in [1.82, 2.24) is 10.2 Å². The predicted octanol–water partition coefficient (Wildman–Crippen LogP) is 3.11. The van der Waals surface area contributed by atoms with Crippen LogP contribution in [0, 0.1) is 11.7 Å². The van der Waals surface area contributed by atoms with Crippen molar-refractivity contribution < 1.29 is 18.4 Å². The van der Waals surface area contributed by atoms with Crippen molar-refractivity contribution in [1.29, 1.82) is 0 Å². The minimum atomic E-state index is -0.657. The first kappa shape index (κ1) is 18.7. The number of furan rings is 1. The lowest BCUT2D eigenvalue weighted by atomic mass is 10.1. The normalized spacial score (nSPS) is 12.0. The van der Waals surface area contributed by atoms with Crippen molar-refractivity contribution >= 4 is 11.8 Å². The highest BCUT2D eigenvalue weighted by molar-refractivity contribution is 5.88. The van der Waals surface area contributed by atoms with Crippen LogP contribution in [0.15, 0.2) is 47.1 Å². The number of amides is 2. The number of benzene rings is 1. The van der Waals surface area contributed by atoms with E-state index in [1.165, 1.54) is 23.3 Å². The highest BCUT2D eigenvalue weighted by Gasteiger charge is 2.27. The van der Waals surface area contributed by atoms with Crippen LogP contribution >= 0.6 is 0 Å². The van der Waals surface area contributed by atoms with Crippen molar-refractivity contribution in [2.24, 2.45) is 5.92 Å². The Balaban J connectivity index is 2.08. The van der Waals surface area contributed by atoms with E-state index in [2.05, 4.69) is 5.32 Å². The second-order valence-electron chi connectivity index (χ2n) is 6.22. The van der Waals surface area contributed by atoms with Crippen LogP contribution in [0.3, 0.4) is 0 Å². The van der Waals surface area contributed by atoms with Gasteiger partial charge in [0.15, 0.2) is 0 Å². The van der Waals surface area contributed by atoms with Crippen molar-refractivity contribution in [3.05, 3.63) is 59.8 Å². The molecule has 1 N–H and O–H groups in total. The molecule has 0 aliphatic rings. The summed E-state index contributed by atoms with van der Waals surface area (Å²) < 4.78 is 18.3. The van der Waals surface area contributed by atoms with Crippen LogP contribution in [0.25, 0.3) is 0 Å². The van der Waals surface area contributed by atoms with Gasteiger partial charge in [-0.1, -0.05) is 26.0 Å². The maximum Gasteiger partial charge on any atom is 0.242 e. The van der Waals surface area contributed by atoms with Gasteiger partial charge in [-0.3, -0.25) is 9.59 Å². The summed E-state index contributed by atoms with van der Waals surface area (Å²) >= 11 is 0. The quantitative estimate of drug-likeness (QED) is 0.838. The molecule has 6 heteroatoms. The van der Waals surface area contributed by atoms with Crippen LogP contribution in [0.1, 0.15) is 32.1 Å². The lowest BCUT2D eigenvalue weighted by Crippen LogP contribution is -2.48. The van der Waals surface area contributed by atoms with Crippen LogP contribution in [0.4, 0.5) is 4.39 Å². The van der Waals surface area contributed by atoms with Gasteiger partial charge in [0.25, 0.3) is 0 Å². The minimum absolute atomic E-state index is 0.134. The van der Waals surface area contributed by atoms with Gasteiger partial charge >= 0.3 is 0 Å². The molecule has 0 aliphatic carbocycles. The number of nitrogens with zero attached hydrogens (tertiary/aromatic N) is 1. The first-order valence-corrected chi connectivity index (χ1v) is 8.23. The first-order chi connectivity index (χ1) is 11.9. The van der Waals surface area contributed by atoms with E-state index < -0.39 is 6.04 Å². The third kappa shape index (κ3) is 5.17. The SMILES string of the molecule is CC(C)C(=O)N(Cc1ccc(F)cc1)C(C)C(=O)NCc1ccco1. The highest BCUT2D eigenvalue weighted by atomic mass is 19.1. The zero-order chi connectivity index (χ0) is 18.4. The van der Waals surface area contributed by atoms with Crippen molar-refractivity contribution in [3.8, 4) is 0 Å². The van der Waals surface area contributed by atoms with Gasteiger partial charge < -0.3 is 14.6 Å². The van der Waals surface area contributed by atoms with Crippen LogP contribution in [-0.4, -0.2) is 22.8 Å². The smallest absolute Gasteiger partial charge is 0.242 e. The Hall–Kier alpha value is -2.63. The average Bonchev–Trinajstić information content (AvgIpc) is 3.11. The van der Waals surface area contributed by atoms with Gasteiger partial charge in [0.1, 0.15) is 17.6 Å². The second kappa shape index (κ2) is 8.46. The maximum absolute atomic E-state index is 13.1. The molecule has 1 heterocycles. The number of carbonyl (C=O) groups is 2. The van der Waals surface area contributed by atoms with E-state index in [0.29, 0.717) is 5.76 Å². The summed E-state index contributed by atoms with van der Waals surface area (Å²) in [4.78, 5) is 26.5. The molecule has 2 rings (SSSR count). The Morgan fingerprint density at radius 2 is 1.84 bits per heavy atom. The summed E-state index contributed by atoms with van der Waals surface area (Å²) in [5.41, 5.74) is 0.765. The minimum Gasteiger partial charge on any atom is -0.467 e. The number of hydrogen-bond acceptors (Lipinski definition) is 3. The molecule has 1 aromatic heterocycles. The van der Waals surface area contributed by atoms with Crippen molar-refractivity contribution in [2.75, 3.05) is 0 Å². The summed E-state index contributed by atoms with van der Waals surface area (Å²) in [5, 5.41) is 2.77. The Labute approximate surface area is 146 Å². The number of hydrogen-bond donors (Lipinski definition) is 1. The van der Waals surface area contributed by atoms with Crippen LogP contribution in [0.5, 0.6) is 0 Å². The molecule has 0 saturated heterocycles. The second-order valence-corrected chi connectivity index (χ2v) is 6.22. The fourth-order valence-electron chi connectivity index (χ4n) is 2.40. The molecule has 0 radical (unpaired) electrons. The van der Waals surface area contributed by atoms with Gasteiger partial charge in [0.2, 0.25) is 11.8 Å². The summed E-state index contributed by atoms with van der Waals surface area (Å²) in [6, 6.07) is 8.76. The molecule has 0 aliphatic heterocycles. The molecule has 0 fully saturated rings. The highest BCUT2D eigenvalue weighted by Crippen LogP contribution is 2.14. The molecule has 1 aromatic carbocycles. The third-order valence-corrected chi connectivity index (χ3v) is 3.91. The molecule has 5 nitrogen and oxygen atoms in total. The number of carbonyl (C=O) groups excluding carboxylic acids is 2.